The van der Waals surface area contributed by atoms with E-state index in [-0.39, 0.29) is 0 Å². The van der Waals surface area contributed by atoms with Crippen LogP contribution in [0.25, 0.3) is 0 Å². The van der Waals surface area contributed by atoms with E-state index in [1.54, 1.807) is 0 Å². The Morgan fingerprint density at radius 1 is 0.857 bits per heavy atom. The topological polar surface area (TPSA) is 18.5 Å². The second-order valence-electron chi connectivity index (χ2n) is 5.45. The second-order valence-corrected chi connectivity index (χ2v) is 5.45. The van der Waals surface area contributed by atoms with Gasteiger partial charge in [0.05, 0.1) is 13.2 Å². The fraction of sp³-hybridized carbons (Fsp3) is 0.632. The van der Waals surface area contributed by atoms with E-state index in [9.17, 15) is 0 Å². The zero-order valence-corrected chi connectivity index (χ0v) is 13.8. The molecule has 0 heterocycles. The lowest BCUT2D eigenvalue weighted by Gasteiger charge is -2.16. The van der Waals surface area contributed by atoms with Crippen molar-refractivity contribution in [2.45, 2.75) is 65.2 Å². The molecule has 0 saturated carbocycles. The zero-order valence-electron chi connectivity index (χ0n) is 13.8. The van der Waals surface area contributed by atoms with Crippen molar-refractivity contribution < 1.29 is 9.47 Å². The summed E-state index contributed by atoms with van der Waals surface area (Å²) in [6.07, 6.45) is 8.87. The molecule has 0 atom stereocenters. The summed E-state index contributed by atoms with van der Waals surface area (Å²) in [6, 6.07) is 6.13. The number of hydrogen-bond acceptors (Lipinski definition) is 2. The molecule has 0 aliphatic heterocycles. The van der Waals surface area contributed by atoms with Crippen LogP contribution in [0, 0.1) is 6.92 Å². The molecule has 1 aromatic rings. The van der Waals surface area contributed by atoms with Crippen LogP contribution in [-0.2, 0) is 6.42 Å². The van der Waals surface area contributed by atoms with Crippen LogP contribution in [0.2, 0.25) is 0 Å². The largest absolute Gasteiger partial charge is 0.493 e. The molecular formula is C19H31O2. The van der Waals surface area contributed by atoms with Crippen LogP contribution in [0.3, 0.4) is 0 Å². The monoisotopic (exact) mass is 291 g/mol. The third kappa shape index (κ3) is 6.88. The number of hydrogen-bond donors (Lipinski definition) is 0. The Labute approximate surface area is 130 Å². The van der Waals surface area contributed by atoms with Gasteiger partial charge in [-0.15, -0.1) is 0 Å². The van der Waals surface area contributed by atoms with Crippen LogP contribution in [0.4, 0.5) is 0 Å². The molecule has 2 heteroatoms. The molecule has 0 amide bonds. The molecule has 1 rings (SSSR count). The standard InChI is InChI=1S/C19H31O2/c1-4-7-9-15-20-18-13-11-14-19(17(18)12-6-3)21-16-10-8-5-2/h11,13-14H,3-10,12,15-16H2,1-2H3. The number of ether oxygens (including phenoxy) is 2. The van der Waals surface area contributed by atoms with E-state index in [0.717, 1.165) is 50.4 Å². The maximum absolute atomic E-state index is 5.95. The number of benzene rings is 1. The molecule has 0 unspecified atom stereocenters. The number of rotatable bonds is 12. The summed E-state index contributed by atoms with van der Waals surface area (Å²) in [5.74, 6) is 1.95. The molecule has 0 saturated heterocycles. The van der Waals surface area contributed by atoms with E-state index in [4.69, 9.17) is 9.47 Å². The predicted octanol–water partition coefficient (Wildman–Crippen LogP) is 5.59. The average molecular weight is 291 g/mol. The van der Waals surface area contributed by atoms with Crippen LogP contribution in [0.1, 0.15) is 64.4 Å². The molecule has 119 valence electrons. The first-order valence-electron chi connectivity index (χ1n) is 8.50. The molecule has 0 spiro atoms. The fourth-order valence-electron chi connectivity index (χ4n) is 2.31. The highest BCUT2D eigenvalue weighted by Gasteiger charge is 2.10. The molecule has 0 aromatic heterocycles. The summed E-state index contributed by atoms with van der Waals surface area (Å²) >= 11 is 0. The molecule has 0 fully saturated rings. The minimum absolute atomic E-state index is 0.789. The lowest BCUT2D eigenvalue weighted by Crippen LogP contribution is -2.04. The van der Waals surface area contributed by atoms with E-state index in [1.165, 1.54) is 31.2 Å². The normalized spacial score (nSPS) is 10.6. The Hall–Kier alpha value is -1.18. The molecule has 1 aromatic carbocycles. The van der Waals surface area contributed by atoms with Crippen molar-refractivity contribution in [2.24, 2.45) is 0 Å². The minimum atomic E-state index is 0.789. The summed E-state index contributed by atoms with van der Waals surface area (Å²) in [4.78, 5) is 0. The smallest absolute Gasteiger partial charge is 0.126 e. The van der Waals surface area contributed by atoms with Crippen molar-refractivity contribution in [1.29, 1.82) is 0 Å². The highest BCUT2D eigenvalue weighted by molar-refractivity contribution is 5.45. The highest BCUT2D eigenvalue weighted by atomic mass is 16.5. The van der Waals surface area contributed by atoms with Crippen molar-refractivity contribution >= 4 is 0 Å². The van der Waals surface area contributed by atoms with E-state index in [2.05, 4.69) is 32.9 Å². The summed E-state index contributed by atoms with van der Waals surface area (Å²) in [5.41, 5.74) is 1.18. The Morgan fingerprint density at radius 3 is 1.81 bits per heavy atom. The Morgan fingerprint density at radius 2 is 1.38 bits per heavy atom. The van der Waals surface area contributed by atoms with Gasteiger partial charge in [-0.1, -0.05) is 52.5 Å². The molecule has 21 heavy (non-hydrogen) atoms. The Kier molecular flexibility index (Phi) is 9.77. The van der Waals surface area contributed by atoms with Gasteiger partial charge in [-0.25, -0.2) is 0 Å². The Balaban J connectivity index is 2.63. The van der Waals surface area contributed by atoms with Gasteiger partial charge in [0.2, 0.25) is 0 Å². The van der Waals surface area contributed by atoms with Gasteiger partial charge in [-0.3, -0.25) is 0 Å². The molecule has 0 aliphatic carbocycles. The fourth-order valence-corrected chi connectivity index (χ4v) is 2.31. The maximum Gasteiger partial charge on any atom is 0.126 e. The lowest BCUT2D eigenvalue weighted by atomic mass is 10.1. The summed E-state index contributed by atoms with van der Waals surface area (Å²) in [6.45, 7) is 9.96. The van der Waals surface area contributed by atoms with Gasteiger partial charge >= 0.3 is 0 Å². The van der Waals surface area contributed by atoms with Crippen LogP contribution in [0.5, 0.6) is 11.5 Å². The quantitative estimate of drug-likeness (QED) is 0.467. The van der Waals surface area contributed by atoms with E-state index >= 15 is 0 Å². The van der Waals surface area contributed by atoms with Gasteiger partial charge in [-0.2, -0.15) is 0 Å². The molecule has 1 radical (unpaired) electrons. The molecule has 0 N–H and O–H groups in total. The van der Waals surface area contributed by atoms with Crippen LogP contribution in [0.15, 0.2) is 18.2 Å². The molecule has 0 aliphatic rings. The summed E-state index contributed by atoms with van der Waals surface area (Å²) in [7, 11) is 0. The molecule has 2 nitrogen and oxygen atoms in total. The van der Waals surface area contributed by atoms with Crippen LogP contribution in [-0.4, -0.2) is 13.2 Å². The van der Waals surface area contributed by atoms with E-state index < -0.39 is 0 Å². The van der Waals surface area contributed by atoms with E-state index in [1.807, 2.05) is 6.07 Å². The van der Waals surface area contributed by atoms with Gasteiger partial charge in [-0.05, 0) is 37.8 Å². The first-order valence-corrected chi connectivity index (χ1v) is 8.50. The van der Waals surface area contributed by atoms with Crippen molar-refractivity contribution in [3.05, 3.63) is 30.7 Å². The van der Waals surface area contributed by atoms with Crippen LogP contribution >= 0.6 is 0 Å². The molecular weight excluding hydrogens is 260 g/mol. The van der Waals surface area contributed by atoms with Crippen LogP contribution < -0.4 is 9.47 Å². The van der Waals surface area contributed by atoms with Gasteiger partial charge in [0, 0.05) is 5.56 Å². The summed E-state index contributed by atoms with van der Waals surface area (Å²) < 4.78 is 11.9. The minimum Gasteiger partial charge on any atom is -0.493 e. The predicted molar refractivity (Wildman–Crippen MR) is 90.2 cm³/mol. The Bertz CT molecular complexity index is 344. The van der Waals surface area contributed by atoms with Crippen molar-refractivity contribution in [2.75, 3.05) is 13.2 Å². The van der Waals surface area contributed by atoms with Gasteiger partial charge < -0.3 is 9.47 Å². The third-order valence-corrected chi connectivity index (χ3v) is 3.53. The first kappa shape index (κ1) is 17.9. The third-order valence-electron chi connectivity index (χ3n) is 3.53. The number of unbranched alkanes of at least 4 members (excludes halogenated alkanes) is 4. The van der Waals surface area contributed by atoms with Crippen molar-refractivity contribution in [3.63, 3.8) is 0 Å². The second kappa shape index (κ2) is 11.5. The van der Waals surface area contributed by atoms with Crippen molar-refractivity contribution in [3.8, 4) is 11.5 Å². The first-order chi connectivity index (χ1) is 10.3. The van der Waals surface area contributed by atoms with Gasteiger partial charge in [0.1, 0.15) is 11.5 Å². The maximum atomic E-state index is 5.95. The van der Waals surface area contributed by atoms with Gasteiger partial charge in [0.15, 0.2) is 0 Å². The highest BCUT2D eigenvalue weighted by Crippen LogP contribution is 2.30. The average Bonchev–Trinajstić information content (AvgIpc) is 2.50. The zero-order chi connectivity index (χ0) is 15.3. The van der Waals surface area contributed by atoms with Crippen molar-refractivity contribution in [1.82, 2.24) is 0 Å². The SMILES string of the molecule is [CH2]CCc1c(OCCCCC)cccc1OCCCCC. The van der Waals surface area contributed by atoms with Gasteiger partial charge in [0.25, 0.3) is 0 Å². The molecule has 0 bridgehead atoms. The summed E-state index contributed by atoms with van der Waals surface area (Å²) in [5, 5.41) is 0. The lowest BCUT2D eigenvalue weighted by molar-refractivity contribution is 0.286. The van der Waals surface area contributed by atoms with E-state index in [0.29, 0.717) is 0 Å².